The van der Waals surface area contributed by atoms with Crippen LogP contribution in [0.4, 0.5) is 0 Å². The summed E-state index contributed by atoms with van der Waals surface area (Å²) in [4.78, 5) is 23.1. The second-order valence-corrected chi connectivity index (χ2v) is 5.72. The maximum atomic E-state index is 11.9. The number of hydrogen-bond acceptors (Lipinski definition) is 3. The molecule has 1 aromatic rings. The number of benzene rings is 1. The summed E-state index contributed by atoms with van der Waals surface area (Å²) in [6, 6.07) is 10.2. The maximum absolute atomic E-state index is 11.9. The number of aryl methyl sites for hydroxylation is 1. The number of amides is 1. The third kappa shape index (κ3) is 7.49. The van der Waals surface area contributed by atoms with Crippen molar-refractivity contribution in [1.82, 2.24) is 5.32 Å². The molecule has 0 bridgehead atoms. The second-order valence-electron chi connectivity index (χ2n) is 5.72. The number of rotatable bonds is 8. The van der Waals surface area contributed by atoms with Gasteiger partial charge in [0.05, 0.1) is 13.0 Å². The highest BCUT2D eigenvalue weighted by molar-refractivity contribution is 5.81. The van der Waals surface area contributed by atoms with E-state index in [2.05, 4.69) is 17.4 Å². The predicted octanol–water partition coefficient (Wildman–Crippen LogP) is 2.86. The second kappa shape index (κ2) is 8.45. The van der Waals surface area contributed by atoms with Crippen molar-refractivity contribution in [2.24, 2.45) is 0 Å². The Balaban J connectivity index is 2.34. The quantitative estimate of drug-likeness (QED) is 0.749. The highest BCUT2D eigenvalue weighted by Gasteiger charge is 2.20. The van der Waals surface area contributed by atoms with Crippen LogP contribution in [0.15, 0.2) is 30.3 Å². The number of nitrogens with one attached hydrogen (secondary N) is 1. The average molecular weight is 291 g/mol. The van der Waals surface area contributed by atoms with Gasteiger partial charge in [0.15, 0.2) is 0 Å². The summed E-state index contributed by atoms with van der Waals surface area (Å²) in [5.74, 6) is -0.434. The Morgan fingerprint density at radius 3 is 2.43 bits per heavy atom. The fourth-order valence-electron chi connectivity index (χ4n) is 2.05. The molecule has 0 fully saturated rings. The van der Waals surface area contributed by atoms with Crippen molar-refractivity contribution in [3.63, 3.8) is 0 Å². The highest BCUT2D eigenvalue weighted by Crippen LogP contribution is 2.14. The van der Waals surface area contributed by atoms with Crippen LogP contribution in [0.5, 0.6) is 0 Å². The SMILES string of the molecule is CCOC(=O)CCC(=O)NC(C)(C)CCc1ccccc1. The molecule has 1 amide bonds. The van der Waals surface area contributed by atoms with E-state index in [1.807, 2.05) is 32.0 Å². The maximum Gasteiger partial charge on any atom is 0.306 e. The minimum absolute atomic E-state index is 0.110. The van der Waals surface area contributed by atoms with Gasteiger partial charge >= 0.3 is 5.97 Å². The number of carbonyl (C=O) groups excluding carboxylic acids is 2. The first-order valence-corrected chi connectivity index (χ1v) is 7.43. The molecule has 1 aromatic carbocycles. The van der Waals surface area contributed by atoms with Gasteiger partial charge in [0.1, 0.15) is 0 Å². The molecule has 0 aliphatic rings. The van der Waals surface area contributed by atoms with E-state index in [1.165, 1.54) is 5.56 Å². The van der Waals surface area contributed by atoms with Gasteiger partial charge in [0.25, 0.3) is 0 Å². The molecule has 0 aliphatic heterocycles. The molecule has 0 spiro atoms. The molecule has 21 heavy (non-hydrogen) atoms. The lowest BCUT2D eigenvalue weighted by Gasteiger charge is -2.26. The molecule has 1 N–H and O–H groups in total. The molecule has 0 saturated carbocycles. The molecular weight excluding hydrogens is 266 g/mol. The first kappa shape index (κ1) is 17.2. The molecule has 1 rings (SSSR count). The fourth-order valence-corrected chi connectivity index (χ4v) is 2.05. The molecule has 116 valence electrons. The smallest absolute Gasteiger partial charge is 0.306 e. The highest BCUT2D eigenvalue weighted by atomic mass is 16.5. The third-order valence-corrected chi connectivity index (χ3v) is 3.22. The molecule has 0 aromatic heterocycles. The van der Waals surface area contributed by atoms with E-state index in [0.29, 0.717) is 6.61 Å². The zero-order chi connectivity index (χ0) is 15.7. The van der Waals surface area contributed by atoms with Gasteiger partial charge in [-0.2, -0.15) is 0 Å². The topological polar surface area (TPSA) is 55.4 Å². The Morgan fingerprint density at radius 2 is 1.81 bits per heavy atom. The summed E-state index contributed by atoms with van der Waals surface area (Å²) in [6.45, 7) is 6.10. The Bertz CT molecular complexity index is 454. The number of esters is 1. The largest absolute Gasteiger partial charge is 0.466 e. The van der Waals surface area contributed by atoms with Crippen LogP contribution in [-0.4, -0.2) is 24.0 Å². The van der Waals surface area contributed by atoms with Gasteiger partial charge in [-0.15, -0.1) is 0 Å². The monoisotopic (exact) mass is 291 g/mol. The lowest BCUT2D eigenvalue weighted by Crippen LogP contribution is -2.43. The molecule has 0 heterocycles. The molecule has 0 saturated heterocycles. The van der Waals surface area contributed by atoms with Gasteiger partial charge in [-0.25, -0.2) is 0 Å². The predicted molar refractivity (Wildman–Crippen MR) is 82.9 cm³/mol. The summed E-state index contributed by atoms with van der Waals surface area (Å²) in [5, 5.41) is 2.98. The minimum atomic E-state index is -0.324. The Kier molecular flexibility index (Phi) is 6.92. The normalized spacial score (nSPS) is 11.0. The van der Waals surface area contributed by atoms with Crippen molar-refractivity contribution in [3.8, 4) is 0 Å². The number of ether oxygens (including phenoxy) is 1. The lowest BCUT2D eigenvalue weighted by molar-refractivity contribution is -0.144. The molecule has 0 unspecified atom stereocenters. The van der Waals surface area contributed by atoms with Crippen LogP contribution >= 0.6 is 0 Å². The van der Waals surface area contributed by atoms with Crippen LogP contribution in [0.3, 0.4) is 0 Å². The molecule has 0 radical (unpaired) electrons. The molecule has 0 aliphatic carbocycles. The first-order valence-electron chi connectivity index (χ1n) is 7.43. The Morgan fingerprint density at radius 1 is 1.14 bits per heavy atom. The molecule has 0 atom stereocenters. The van der Waals surface area contributed by atoms with Gasteiger partial charge in [-0.3, -0.25) is 9.59 Å². The van der Waals surface area contributed by atoms with Crippen molar-refractivity contribution in [3.05, 3.63) is 35.9 Å². The van der Waals surface area contributed by atoms with Gasteiger partial charge in [-0.1, -0.05) is 30.3 Å². The summed E-state index contributed by atoms with van der Waals surface area (Å²) in [7, 11) is 0. The van der Waals surface area contributed by atoms with Gasteiger partial charge in [0, 0.05) is 12.0 Å². The fraction of sp³-hybridized carbons (Fsp3) is 0.529. The van der Waals surface area contributed by atoms with E-state index in [9.17, 15) is 9.59 Å². The van der Waals surface area contributed by atoms with Crippen molar-refractivity contribution < 1.29 is 14.3 Å². The van der Waals surface area contributed by atoms with Gasteiger partial charge in [-0.05, 0) is 39.2 Å². The van der Waals surface area contributed by atoms with E-state index in [0.717, 1.165) is 12.8 Å². The van der Waals surface area contributed by atoms with E-state index in [1.54, 1.807) is 6.92 Å². The van der Waals surface area contributed by atoms with Gasteiger partial charge < -0.3 is 10.1 Å². The zero-order valence-electron chi connectivity index (χ0n) is 13.1. The van der Waals surface area contributed by atoms with E-state index < -0.39 is 0 Å². The third-order valence-electron chi connectivity index (χ3n) is 3.22. The van der Waals surface area contributed by atoms with Crippen molar-refractivity contribution >= 4 is 11.9 Å². The summed E-state index contributed by atoms with van der Waals surface area (Å²) < 4.78 is 4.81. The summed E-state index contributed by atoms with van der Waals surface area (Å²) in [5.41, 5.74) is 0.966. The summed E-state index contributed by atoms with van der Waals surface area (Å²) in [6.07, 6.45) is 2.07. The number of carbonyl (C=O) groups is 2. The molecular formula is C17H25NO3. The van der Waals surface area contributed by atoms with Gasteiger partial charge in [0.2, 0.25) is 5.91 Å². The Hall–Kier alpha value is -1.84. The van der Waals surface area contributed by atoms with Crippen molar-refractivity contribution in [1.29, 1.82) is 0 Å². The molecule has 4 heteroatoms. The van der Waals surface area contributed by atoms with Crippen LogP contribution < -0.4 is 5.32 Å². The van der Waals surface area contributed by atoms with Crippen LogP contribution in [-0.2, 0) is 20.7 Å². The standard InChI is InChI=1S/C17H25NO3/c1-4-21-16(20)11-10-15(19)18-17(2,3)13-12-14-8-6-5-7-9-14/h5-9H,4,10-13H2,1-3H3,(H,18,19). The zero-order valence-corrected chi connectivity index (χ0v) is 13.1. The van der Waals surface area contributed by atoms with Crippen LogP contribution in [0.2, 0.25) is 0 Å². The van der Waals surface area contributed by atoms with E-state index in [4.69, 9.17) is 4.74 Å². The van der Waals surface area contributed by atoms with Crippen LogP contribution in [0.25, 0.3) is 0 Å². The first-order chi connectivity index (χ1) is 9.93. The number of hydrogen-bond donors (Lipinski definition) is 1. The Labute approximate surface area is 126 Å². The minimum Gasteiger partial charge on any atom is -0.466 e. The lowest BCUT2D eigenvalue weighted by atomic mass is 9.95. The summed E-state index contributed by atoms with van der Waals surface area (Å²) >= 11 is 0. The van der Waals surface area contributed by atoms with E-state index in [-0.39, 0.29) is 30.3 Å². The average Bonchev–Trinajstić information content (AvgIpc) is 2.44. The van der Waals surface area contributed by atoms with Crippen molar-refractivity contribution in [2.75, 3.05) is 6.61 Å². The van der Waals surface area contributed by atoms with Crippen LogP contribution in [0.1, 0.15) is 45.6 Å². The van der Waals surface area contributed by atoms with Crippen LogP contribution in [0, 0.1) is 0 Å². The van der Waals surface area contributed by atoms with Crippen molar-refractivity contribution in [2.45, 2.75) is 52.0 Å². The van der Waals surface area contributed by atoms with E-state index >= 15 is 0 Å². The molecule has 4 nitrogen and oxygen atoms in total.